The molecule has 0 bridgehead atoms. The predicted molar refractivity (Wildman–Crippen MR) is 84.4 cm³/mol. The number of amides is 1. The van der Waals surface area contributed by atoms with E-state index in [9.17, 15) is 4.79 Å². The summed E-state index contributed by atoms with van der Waals surface area (Å²) >= 11 is 7.44. The molecule has 1 aromatic carbocycles. The van der Waals surface area contributed by atoms with Gasteiger partial charge in [0.15, 0.2) is 10.9 Å². The lowest BCUT2D eigenvalue weighted by Gasteiger charge is -2.07. The molecular weight excluding hydrogens is 310 g/mol. The molecule has 0 spiro atoms. The maximum atomic E-state index is 12.2. The highest BCUT2D eigenvalue weighted by Crippen LogP contribution is 2.20. The Hall–Kier alpha value is -1.79. The van der Waals surface area contributed by atoms with E-state index in [0.29, 0.717) is 10.8 Å². The second kappa shape index (κ2) is 7.28. The molecule has 0 unspecified atom stereocenters. The fraction of sp³-hybridized carbons (Fsp3) is 0.214. The second-order valence-corrected chi connectivity index (χ2v) is 5.60. The first-order valence-electron chi connectivity index (χ1n) is 6.24. The summed E-state index contributed by atoms with van der Waals surface area (Å²) in [5, 5.41) is 3.49. The van der Waals surface area contributed by atoms with Crippen LogP contribution in [0.4, 0.5) is 5.69 Å². The topological polar surface area (TPSA) is 64.1 Å². The average Bonchev–Trinajstić information content (AvgIpc) is 2.50. The lowest BCUT2D eigenvalue weighted by molar-refractivity contribution is 0.102. The van der Waals surface area contributed by atoms with Gasteiger partial charge in [-0.1, -0.05) is 30.3 Å². The Bertz CT molecular complexity index is 635. The van der Waals surface area contributed by atoms with Gasteiger partial charge in [0, 0.05) is 5.69 Å². The molecule has 5 nitrogen and oxygen atoms in total. The number of benzene rings is 1. The summed E-state index contributed by atoms with van der Waals surface area (Å²) in [5.74, 6) is 1.17. The van der Waals surface area contributed by atoms with Gasteiger partial charge in [-0.15, -0.1) is 0 Å². The minimum absolute atomic E-state index is 0.165. The molecule has 1 N–H and O–H groups in total. The van der Waals surface area contributed by atoms with Crippen molar-refractivity contribution in [1.82, 2.24) is 9.97 Å². The van der Waals surface area contributed by atoms with Gasteiger partial charge in [-0.05, 0) is 30.0 Å². The Balaban J connectivity index is 2.17. The SMILES string of the molecule is CCSc1ncc(Cl)c(C(=O)Nc2ccc(OC)cc2)n1. The summed E-state index contributed by atoms with van der Waals surface area (Å²) in [7, 11) is 1.58. The van der Waals surface area contributed by atoms with Gasteiger partial charge >= 0.3 is 0 Å². The van der Waals surface area contributed by atoms with Crippen LogP contribution >= 0.6 is 23.4 Å². The number of anilines is 1. The Morgan fingerprint density at radius 2 is 2.10 bits per heavy atom. The third kappa shape index (κ3) is 4.09. The van der Waals surface area contributed by atoms with E-state index in [4.69, 9.17) is 16.3 Å². The number of carbonyl (C=O) groups excluding carboxylic acids is 1. The van der Waals surface area contributed by atoms with Gasteiger partial charge in [-0.2, -0.15) is 0 Å². The average molecular weight is 324 g/mol. The van der Waals surface area contributed by atoms with E-state index >= 15 is 0 Å². The van der Waals surface area contributed by atoms with E-state index in [1.54, 1.807) is 31.4 Å². The fourth-order valence-electron chi connectivity index (χ4n) is 1.57. The lowest BCUT2D eigenvalue weighted by Crippen LogP contribution is -2.15. The van der Waals surface area contributed by atoms with Gasteiger partial charge in [-0.25, -0.2) is 9.97 Å². The fourth-order valence-corrected chi connectivity index (χ4v) is 2.29. The van der Waals surface area contributed by atoms with E-state index in [-0.39, 0.29) is 16.6 Å². The molecule has 0 radical (unpaired) electrons. The van der Waals surface area contributed by atoms with Crippen molar-refractivity contribution in [3.63, 3.8) is 0 Å². The van der Waals surface area contributed by atoms with Crippen LogP contribution in [0.2, 0.25) is 5.02 Å². The molecule has 0 aliphatic rings. The highest BCUT2D eigenvalue weighted by Gasteiger charge is 2.14. The molecule has 0 aliphatic heterocycles. The zero-order chi connectivity index (χ0) is 15.2. The molecule has 2 aromatic rings. The van der Waals surface area contributed by atoms with E-state index in [1.165, 1.54) is 18.0 Å². The zero-order valence-electron chi connectivity index (χ0n) is 11.6. The first kappa shape index (κ1) is 15.6. The van der Waals surface area contributed by atoms with E-state index < -0.39 is 0 Å². The molecule has 7 heteroatoms. The summed E-state index contributed by atoms with van der Waals surface area (Å²) in [5.41, 5.74) is 0.804. The van der Waals surface area contributed by atoms with Gasteiger partial charge < -0.3 is 10.1 Å². The molecule has 110 valence electrons. The minimum atomic E-state index is -0.370. The Morgan fingerprint density at radius 1 is 1.38 bits per heavy atom. The molecule has 0 saturated heterocycles. The number of rotatable bonds is 5. The number of halogens is 1. The molecule has 2 rings (SSSR count). The van der Waals surface area contributed by atoms with Gasteiger partial charge in [0.1, 0.15) is 5.75 Å². The van der Waals surface area contributed by atoms with Crippen LogP contribution < -0.4 is 10.1 Å². The van der Waals surface area contributed by atoms with E-state index in [0.717, 1.165) is 11.5 Å². The van der Waals surface area contributed by atoms with Crippen molar-refractivity contribution in [1.29, 1.82) is 0 Å². The van der Waals surface area contributed by atoms with Crippen molar-refractivity contribution in [3.05, 3.63) is 41.2 Å². The van der Waals surface area contributed by atoms with Crippen molar-refractivity contribution in [2.75, 3.05) is 18.2 Å². The van der Waals surface area contributed by atoms with Crippen molar-refractivity contribution in [3.8, 4) is 5.75 Å². The molecule has 21 heavy (non-hydrogen) atoms. The van der Waals surface area contributed by atoms with Gasteiger partial charge in [-0.3, -0.25) is 4.79 Å². The maximum Gasteiger partial charge on any atom is 0.275 e. The first-order chi connectivity index (χ1) is 10.1. The van der Waals surface area contributed by atoms with Crippen molar-refractivity contribution in [2.45, 2.75) is 12.1 Å². The molecule has 1 heterocycles. The largest absolute Gasteiger partial charge is 0.497 e. The molecule has 0 fully saturated rings. The lowest BCUT2D eigenvalue weighted by atomic mass is 10.3. The zero-order valence-corrected chi connectivity index (χ0v) is 13.2. The Labute approximate surface area is 132 Å². The van der Waals surface area contributed by atoms with Crippen LogP contribution in [0.5, 0.6) is 5.75 Å². The standard InChI is InChI=1S/C14H14ClN3O2S/c1-3-21-14-16-8-11(15)12(18-14)13(19)17-9-4-6-10(20-2)7-5-9/h4-8H,3H2,1-2H3,(H,17,19). The summed E-state index contributed by atoms with van der Waals surface area (Å²) in [6.45, 7) is 1.99. The molecule has 0 atom stereocenters. The van der Waals surface area contributed by atoms with Crippen LogP contribution in [0.25, 0.3) is 0 Å². The summed E-state index contributed by atoms with van der Waals surface area (Å²) in [6.07, 6.45) is 1.44. The van der Waals surface area contributed by atoms with E-state index in [2.05, 4.69) is 15.3 Å². The maximum absolute atomic E-state index is 12.2. The van der Waals surface area contributed by atoms with Crippen LogP contribution in [-0.2, 0) is 0 Å². The monoisotopic (exact) mass is 323 g/mol. The van der Waals surface area contributed by atoms with Gasteiger partial charge in [0.25, 0.3) is 5.91 Å². The highest BCUT2D eigenvalue weighted by atomic mass is 35.5. The number of aromatic nitrogens is 2. The van der Waals surface area contributed by atoms with Crippen LogP contribution in [0.1, 0.15) is 17.4 Å². The van der Waals surface area contributed by atoms with Crippen molar-refractivity contribution >= 4 is 35.0 Å². The third-order valence-electron chi connectivity index (χ3n) is 2.56. The molecule has 1 amide bonds. The number of nitrogens with zero attached hydrogens (tertiary/aromatic N) is 2. The highest BCUT2D eigenvalue weighted by molar-refractivity contribution is 7.99. The van der Waals surface area contributed by atoms with Gasteiger partial charge in [0.2, 0.25) is 0 Å². The molecule has 1 aromatic heterocycles. The number of hydrogen-bond acceptors (Lipinski definition) is 5. The first-order valence-corrected chi connectivity index (χ1v) is 7.61. The van der Waals surface area contributed by atoms with Crippen molar-refractivity contribution < 1.29 is 9.53 Å². The predicted octanol–water partition coefficient (Wildman–Crippen LogP) is 3.50. The quantitative estimate of drug-likeness (QED) is 0.674. The van der Waals surface area contributed by atoms with Crippen LogP contribution in [0, 0.1) is 0 Å². The number of methoxy groups -OCH3 is 1. The molecular formula is C14H14ClN3O2S. The normalized spacial score (nSPS) is 10.2. The third-order valence-corrected chi connectivity index (χ3v) is 3.58. The number of ether oxygens (including phenoxy) is 1. The number of nitrogens with one attached hydrogen (secondary N) is 1. The Kier molecular flexibility index (Phi) is 5.41. The molecule has 0 saturated carbocycles. The second-order valence-electron chi connectivity index (χ2n) is 3.96. The number of thioether (sulfide) groups is 1. The van der Waals surface area contributed by atoms with Crippen LogP contribution in [-0.4, -0.2) is 28.7 Å². The van der Waals surface area contributed by atoms with Gasteiger partial charge in [0.05, 0.1) is 18.3 Å². The minimum Gasteiger partial charge on any atom is -0.497 e. The summed E-state index contributed by atoms with van der Waals surface area (Å²) < 4.78 is 5.06. The van der Waals surface area contributed by atoms with Crippen molar-refractivity contribution in [2.24, 2.45) is 0 Å². The summed E-state index contributed by atoms with van der Waals surface area (Å²) in [6, 6.07) is 7.01. The van der Waals surface area contributed by atoms with Crippen LogP contribution in [0.15, 0.2) is 35.6 Å². The summed E-state index contributed by atoms with van der Waals surface area (Å²) in [4.78, 5) is 20.5. The molecule has 0 aliphatic carbocycles. The smallest absolute Gasteiger partial charge is 0.275 e. The Morgan fingerprint density at radius 3 is 2.71 bits per heavy atom. The van der Waals surface area contributed by atoms with E-state index in [1.807, 2.05) is 6.92 Å². The number of carbonyl (C=O) groups is 1. The van der Waals surface area contributed by atoms with Crippen LogP contribution in [0.3, 0.4) is 0 Å². The number of hydrogen-bond donors (Lipinski definition) is 1.